The van der Waals surface area contributed by atoms with Crippen LogP contribution in [0.4, 0.5) is 0 Å². The van der Waals surface area contributed by atoms with Gasteiger partial charge in [-0.3, -0.25) is 4.79 Å². The van der Waals surface area contributed by atoms with Crippen LogP contribution >= 0.6 is 0 Å². The Balaban J connectivity index is 1.22. The molecule has 2 aromatic heterocycles. The van der Waals surface area contributed by atoms with Crippen molar-refractivity contribution in [3.8, 4) is 34.5 Å². The van der Waals surface area contributed by atoms with Crippen LogP contribution < -0.4 is 19.5 Å². The first-order valence-electron chi connectivity index (χ1n) is 11.3. The molecule has 9 nitrogen and oxygen atoms in total. The Hall–Kier alpha value is -4.92. The van der Waals surface area contributed by atoms with Crippen molar-refractivity contribution in [2.45, 2.75) is 0 Å². The summed E-state index contributed by atoms with van der Waals surface area (Å²) in [7, 11) is 1.61. The van der Waals surface area contributed by atoms with Gasteiger partial charge in [0.05, 0.1) is 19.2 Å². The first-order valence-corrected chi connectivity index (χ1v) is 11.3. The van der Waals surface area contributed by atoms with Crippen molar-refractivity contribution < 1.29 is 19.0 Å². The van der Waals surface area contributed by atoms with Gasteiger partial charge >= 0.3 is 0 Å². The predicted octanol–water partition coefficient (Wildman–Crippen LogP) is 4.40. The van der Waals surface area contributed by atoms with Crippen LogP contribution in [0.15, 0.2) is 91.0 Å². The lowest BCUT2D eigenvalue weighted by atomic mass is 10.2. The summed E-state index contributed by atoms with van der Waals surface area (Å²) in [5.74, 6) is 2.54. The molecule has 0 aliphatic rings. The highest BCUT2D eigenvalue weighted by Gasteiger charge is 2.14. The van der Waals surface area contributed by atoms with Gasteiger partial charge < -0.3 is 19.5 Å². The molecule has 0 atom stereocenters. The number of para-hydroxylation sites is 2. The molecular formula is C27H23N5O4. The first-order chi connectivity index (χ1) is 17.7. The second-order valence-corrected chi connectivity index (χ2v) is 7.71. The summed E-state index contributed by atoms with van der Waals surface area (Å²) < 4.78 is 18.6. The summed E-state index contributed by atoms with van der Waals surface area (Å²) in [6.45, 7) is 0.506. The summed E-state index contributed by atoms with van der Waals surface area (Å²) >= 11 is 0. The third kappa shape index (κ3) is 5.10. The third-order valence-electron chi connectivity index (χ3n) is 5.31. The topological polar surface area (TPSA) is 99.9 Å². The molecule has 1 N–H and O–H groups in total. The number of carbonyl (C=O) groups excluding carboxylic acids is 1. The fourth-order valence-corrected chi connectivity index (χ4v) is 3.57. The average Bonchev–Trinajstić information content (AvgIpc) is 3.35. The Bertz CT molecular complexity index is 1490. The van der Waals surface area contributed by atoms with Crippen molar-refractivity contribution in [3.63, 3.8) is 0 Å². The van der Waals surface area contributed by atoms with Crippen LogP contribution in [0, 0.1) is 0 Å². The fraction of sp³-hybridized carbons (Fsp3) is 0.111. The maximum Gasteiger partial charge on any atom is 0.255 e. The van der Waals surface area contributed by atoms with Gasteiger partial charge in [-0.25, -0.2) is 0 Å². The van der Waals surface area contributed by atoms with Gasteiger partial charge in [-0.15, -0.1) is 15.3 Å². The van der Waals surface area contributed by atoms with Gasteiger partial charge in [0.1, 0.15) is 23.9 Å². The van der Waals surface area contributed by atoms with Crippen LogP contribution in [0.5, 0.6) is 23.1 Å². The summed E-state index contributed by atoms with van der Waals surface area (Å²) in [5.41, 5.74) is 1.84. The quantitative estimate of drug-likeness (QED) is 0.312. The van der Waals surface area contributed by atoms with Crippen LogP contribution in [0.3, 0.4) is 0 Å². The van der Waals surface area contributed by atoms with E-state index in [0.717, 1.165) is 5.56 Å². The normalized spacial score (nSPS) is 10.7. The number of hydrogen-bond acceptors (Lipinski definition) is 7. The summed E-state index contributed by atoms with van der Waals surface area (Å²) in [6, 6.07) is 27.4. The molecule has 2 heterocycles. The average molecular weight is 482 g/mol. The molecule has 0 aliphatic heterocycles. The van der Waals surface area contributed by atoms with E-state index in [1.54, 1.807) is 42.0 Å². The minimum atomic E-state index is -0.257. The Morgan fingerprint density at radius 3 is 2.56 bits per heavy atom. The van der Waals surface area contributed by atoms with Crippen molar-refractivity contribution >= 4 is 11.6 Å². The lowest BCUT2D eigenvalue weighted by molar-refractivity contribution is 0.0944. The Morgan fingerprint density at radius 1 is 0.889 bits per heavy atom. The van der Waals surface area contributed by atoms with Gasteiger partial charge in [-0.2, -0.15) is 4.52 Å². The molecule has 1 amide bonds. The molecule has 0 bridgehead atoms. The molecule has 5 aromatic rings. The van der Waals surface area contributed by atoms with Crippen LogP contribution in [-0.4, -0.2) is 46.0 Å². The third-order valence-corrected chi connectivity index (χ3v) is 5.31. The minimum Gasteiger partial charge on any atom is -0.497 e. The second kappa shape index (κ2) is 10.6. The zero-order valence-electron chi connectivity index (χ0n) is 19.5. The lowest BCUT2D eigenvalue weighted by Crippen LogP contribution is -2.28. The molecule has 36 heavy (non-hydrogen) atoms. The molecule has 5 rings (SSSR count). The van der Waals surface area contributed by atoms with Gasteiger partial charge in [0.25, 0.3) is 5.91 Å². The number of rotatable bonds is 9. The van der Waals surface area contributed by atoms with E-state index in [1.807, 2.05) is 60.7 Å². The van der Waals surface area contributed by atoms with Gasteiger partial charge in [-0.1, -0.05) is 42.5 Å². The van der Waals surface area contributed by atoms with Crippen LogP contribution in [0.2, 0.25) is 0 Å². The standard InChI is InChI=1S/C27H23N5O4/c1-34-21-11-7-8-19(18-21)26-30-29-24-14-15-25(31-32(24)26)35-17-16-28-27(33)22-12-5-6-13-23(22)36-20-9-3-2-4-10-20/h2-15,18H,16-17H2,1H3,(H,28,33). The number of methoxy groups -OCH3 is 1. The maximum absolute atomic E-state index is 12.8. The van der Waals surface area contributed by atoms with Crippen molar-refractivity contribution in [1.82, 2.24) is 25.1 Å². The monoisotopic (exact) mass is 481 g/mol. The lowest BCUT2D eigenvalue weighted by Gasteiger charge is -2.12. The van der Waals surface area contributed by atoms with E-state index >= 15 is 0 Å². The van der Waals surface area contributed by atoms with E-state index in [9.17, 15) is 4.79 Å². The molecule has 0 fully saturated rings. The van der Waals surface area contributed by atoms with E-state index in [4.69, 9.17) is 14.2 Å². The molecule has 0 aliphatic carbocycles. The van der Waals surface area contributed by atoms with E-state index < -0.39 is 0 Å². The van der Waals surface area contributed by atoms with Crippen molar-refractivity contribution in [1.29, 1.82) is 0 Å². The molecule has 0 saturated heterocycles. The molecule has 9 heteroatoms. The summed E-state index contributed by atoms with van der Waals surface area (Å²) in [5, 5.41) is 15.8. The van der Waals surface area contributed by atoms with Gasteiger partial charge in [0, 0.05) is 11.6 Å². The highest BCUT2D eigenvalue weighted by molar-refractivity contribution is 5.97. The summed E-state index contributed by atoms with van der Waals surface area (Å²) in [4.78, 5) is 12.8. The fourth-order valence-electron chi connectivity index (χ4n) is 3.57. The van der Waals surface area contributed by atoms with E-state index in [-0.39, 0.29) is 19.1 Å². The Labute approximate surface area is 207 Å². The maximum atomic E-state index is 12.8. The van der Waals surface area contributed by atoms with Crippen LogP contribution in [0.1, 0.15) is 10.4 Å². The molecule has 180 valence electrons. The number of hydrogen-bond donors (Lipinski definition) is 1. The van der Waals surface area contributed by atoms with Crippen molar-refractivity contribution in [2.75, 3.05) is 20.3 Å². The highest BCUT2D eigenvalue weighted by Crippen LogP contribution is 2.25. The molecule has 0 radical (unpaired) electrons. The predicted molar refractivity (Wildman–Crippen MR) is 134 cm³/mol. The van der Waals surface area contributed by atoms with Gasteiger partial charge in [0.2, 0.25) is 5.88 Å². The minimum absolute atomic E-state index is 0.225. The van der Waals surface area contributed by atoms with Crippen LogP contribution in [-0.2, 0) is 0 Å². The van der Waals surface area contributed by atoms with E-state index in [2.05, 4.69) is 20.6 Å². The number of fused-ring (bicyclic) bond motifs is 1. The molecular weight excluding hydrogens is 458 g/mol. The van der Waals surface area contributed by atoms with Gasteiger partial charge in [0.15, 0.2) is 11.5 Å². The zero-order valence-corrected chi connectivity index (χ0v) is 19.5. The Kier molecular flexibility index (Phi) is 6.70. The zero-order chi connectivity index (χ0) is 24.7. The number of aromatic nitrogens is 4. The molecule has 0 unspecified atom stereocenters. The van der Waals surface area contributed by atoms with Gasteiger partial charge in [-0.05, 0) is 42.5 Å². The Morgan fingerprint density at radius 2 is 1.69 bits per heavy atom. The van der Waals surface area contributed by atoms with E-state index in [1.165, 1.54) is 0 Å². The molecule has 0 saturated carbocycles. The largest absolute Gasteiger partial charge is 0.497 e. The number of nitrogens with one attached hydrogen (secondary N) is 1. The number of nitrogens with zero attached hydrogens (tertiary/aromatic N) is 4. The number of carbonyl (C=O) groups is 1. The first kappa shape index (κ1) is 22.9. The number of amides is 1. The molecule has 0 spiro atoms. The highest BCUT2D eigenvalue weighted by atomic mass is 16.5. The summed E-state index contributed by atoms with van der Waals surface area (Å²) in [6.07, 6.45) is 0. The molecule has 3 aromatic carbocycles. The van der Waals surface area contributed by atoms with Crippen molar-refractivity contribution in [2.24, 2.45) is 0 Å². The number of ether oxygens (including phenoxy) is 3. The smallest absolute Gasteiger partial charge is 0.255 e. The second-order valence-electron chi connectivity index (χ2n) is 7.71. The van der Waals surface area contributed by atoms with Crippen LogP contribution in [0.25, 0.3) is 17.0 Å². The number of benzene rings is 3. The van der Waals surface area contributed by atoms with Crippen molar-refractivity contribution in [3.05, 3.63) is 96.6 Å². The SMILES string of the molecule is COc1cccc(-c2nnc3ccc(OCCNC(=O)c4ccccc4Oc4ccccc4)nn23)c1. The van der Waals surface area contributed by atoms with E-state index in [0.29, 0.717) is 40.2 Å².